The maximum absolute atomic E-state index is 12.1. The van der Waals surface area contributed by atoms with Gasteiger partial charge in [-0.05, 0) is 20.8 Å². The number of nitriles is 1. The first-order chi connectivity index (χ1) is 8.86. The van der Waals surface area contributed by atoms with Gasteiger partial charge in [-0.15, -0.1) is 11.8 Å². The van der Waals surface area contributed by atoms with Gasteiger partial charge in [-0.1, -0.05) is 0 Å². The van der Waals surface area contributed by atoms with Gasteiger partial charge in [-0.25, -0.2) is 0 Å². The van der Waals surface area contributed by atoms with E-state index >= 15 is 0 Å². The molecule has 0 aromatic rings. The molecule has 1 rings (SSSR count). The number of hydrogen-bond acceptors (Lipinski definition) is 5. The number of rotatable bonds is 5. The number of hydrogen-bond donors (Lipinski definition) is 2. The summed E-state index contributed by atoms with van der Waals surface area (Å²) in [7, 11) is 0. The molecule has 1 aliphatic rings. The normalized spacial score (nSPS) is 21.1. The van der Waals surface area contributed by atoms with Gasteiger partial charge in [0.25, 0.3) is 0 Å². The van der Waals surface area contributed by atoms with Crippen molar-refractivity contribution in [1.29, 1.82) is 5.26 Å². The molecule has 0 bridgehead atoms. The van der Waals surface area contributed by atoms with Gasteiger partial charge in [0.15, 0.2) is 5.92 Å². The Kier molecular flexibility index (Phi) is 5.20. The van der Waals surface area contributed by atoms with Crippen LogP contribution in [0.5, 0.6) is 0 Å². The Balaban J connectivity index is 2.81. The summed E-state index contributed by atoms with van der Waals surface area (Å²) in [6.45, 7) is 5.42. The van der Waals surface area contributed by atoms with Gasteiger partial charge in [0.2, 0.25) is 11.8 Å². The van der Waals surface area contributed by atoms with Crippen molar-refractivity contribution >= 4 is 23.6 Å². The predicted molar refractivity (Wildman–Crippen MR) is 72.0 cm³/mol. The molecule has 19 heavy (non-hydrogen) atoms. The Morgan fingerprint density at radius 3 is 2.84 bits per heavy atom. The summed E-state index contributed by atoms with van der Waals surface area (Å²) in [6.07, 6.45) is 0. The molecule has 0 radical (unpaired) electrons. The van der Waals surface area contributed by atoms with Gasteiger partial charge < -0.3 is 15.3 Å². The third-order valence-corrected chi connectivity index (χ3v) is 4.19. The average molecular weight is 285 g/mol. The highest BCUT2D eigenvalue weighted by molar-refractivity contribution is 8.01. The van der Waals surface area contributed by atoms with E-state index in [-0.39, 0.29) is 12.5 Å². The predicted octanol–water partition coefficient (Wildman–Crippen LogP) is -0.0653. The quantitative estimate of drug-likeness (QED) is 0.738. The Labute approximate surface area is 117 Å². The Hall–Kier alpha value is -1.26. The summed E-state index contributed by atoms with van der Waals surface area (Å²) >= 11 is 1.31. The van der Waals surface area contributed by atoms with Crippen molar-refractivity contribution in [2.24, 2.45) is 5.92 Å². The van der Waals surface area contributed by atoms with Gasteiger partial charge in [-0.2, -0.15) is 5.26 Å². The summed E-state index contributed by atoms with van der Waals surface area (Å²) in [4.78, 5) is 25.3. The molecule has 1 fully saturated rings. The van der Waals surface area contributed by atoms with Crippen molar-refractivity contribution in [2.75, 3.05) is 18.9 Å². The van der Waals surface area contributed by atoms with E-state index in [0.717, 1.165) is 0 Å². The van der Waals surface area contributed by atoms with Crippen LogP contribution < -0.4 is 5.32 Å². The molecule has 1 saturated heterocycles. The first kappa shape index (κ1) is 15.8. The largest absolute Gasteiger partial charge is 0.394 e. The van der Waals surface area contributed by atoms with Gasteiger partial charge in [0.1, 0.15) is 5.37 Å². The molecular formula is C12H19N3O3S. The zero-order valence-corrected chi connectivity index (χ0v) is 12.2. The summed E-state index contributed by atoms with van der Waals surface area (Å²) in [5.74, 6) is -1.13. The maximum atomic E-state index is 12.1. The fraction of sp³-hybridized carbons (Fsp3) is 0.750. The smallest absolute Gasteiger partial charge is 0.240 e. The van der Waals surface area contributed by atoms with Crippen LogP contribution >= 0.6 is 11.8 Å². The molecule has 0 spiro atoms. The SMILES string of the molecule is CCN1C(=O)CSC1C(C#N)C(=O)NC(C)(C)CO. The number of thioether (sulfide) groups is 1. The zero-order chi connectivity index (χ0) is 14.6. The lowest BCUT2D eigenvalue weighted by Gasteiger charge is -2.29. The summed E-state index contributed by atoms with van der Waals surface area (Å²) in [5.41, 5.74) is -0.781. The minimum Gasteiger partial charge on any atom is -0.394 e. The highest BCUT2D eigenvalue weighted by atomic mass is 32.2. The number of carbonyl (C=O) groups is 2. The molecular weight excluding hydrogens is 266 g/mol. The van der Waals surface area contributed by atoms with E-state index in [9.17, 15) is 14.9 Å². The molecule has 2 amide bonds. The van der Waals surface area contributed by atoms with Crippen LogP contribution in [0.1, 0.15) is 20.8 Å². The molecule has 6 nitrogen and oxygen atoms in total. The van der Waals surface area contributed by atoms with E-state index in [1.165, 1.54) is 11.8 Å². The summed E-state index contributed by atoms with van der Waals surface area (Å²) in [5, 5.41) is 20.5. The van der Waals surface area contributed by atoms with Crippen LogP contribution in [0, 0.1) is 17.2 Å². The van der Waals surface area contributed by atoms with E-state index in [2.05, 4.69) is 5.32 Å². The molecule has 7 heteroatoms. The molecule has 0 saturated carbocycles. The Bertz CT molecular complexity index is 406. The van der Waals surface area contributed by atoms with Crippen molar-refractivity contribution in [1.82, 2.24) is 10.2 Å². The van der Waals surface area contributed by atoms with Crippen LogP contribution in [-0.4, -0.2) is 51.6 Å². The minimum atomic E-state index is -0.928. The van der Waals surface area contributed by atoms with Gasteiger partial charge in [-0.3, -0.25) is 9.59 Å². The van der Waals surface area contributed by atoms with Gasteiger partial charge >= 0.3 is 0 Å². The first-order valence-electron chi connectivity index (χ1n) is 6.10. The molecule has 2 atom stereocenters. The van der Waals surface area contributed by atoms with E-state index in [1.807, 2.05) is 13.0 Å². The Morgan fingerprint density at radius 2 is 2.37 bits per heavy atom. The molecule has 2 unspecified atom stereocenters. The fourth-order valence-corrected chi connectivity index (χ4v) is 3.11. The topological polar surface area (TPSA) is 93.4 Å². The highest BCUT2D eigenvalue weighted by Crippen LogP contribution is 2.30. The molecule has 0 aromatic heterocycles. The lowest BCUT2D eigenvalue weighted by molar-refractivity contribution is -0.130. The van der Waals surface area contributed by atoms with E-state index in [1.54, 1.807) is 18.7 Å². The number of nitrogens with zero attached hydrogens (tertiary/aromatic N) is 2. The number of aliphatic hydroxyl groups is 1. The van der Waals surface area contributed by atoms with Gasteiger partial charge in [0.05, 0.1) is 24.0 Å². The van der Waals surface area contributed by atoms with Crippen LogP contribution in [0.3, 0.4) is 0 Å². The average Bonchev–Trinajstić information content (AvgIpc) is 2.71. The molecule has 1 heterocycles. The van der Waals surface area contributed by atoms with E-state index < -0.39 is 22.7 Å². The minimum absolute atomic E-state index is 0.0491. The third kappa shape index (κ3) is 3.61. The third-order valence-electron chi connectivity index (χ3n) is 2.91. The van der Waals surface area contributed by atoms with Crippen LogP contribution in [0.2, 0.25) is 0 Å². The number of carbonyl (C=O) groups excluding carboxylic acids is 2. The zero-order valence-electron chi connectivity index (χ0n) is 11.3. The van der Waals surface area contributed by atoms with Crippen LogP contribution in [0.25, 0.3) is 0 Å². The second-order valence-electron chi connectivity index (χ2n) is 5.02. The van der Waals surface area contributed by atoms with E-state index in [4.69, 9.17) is 5.11 Å². The highest BCUT2D eigenvalue weighted by Gasteiger charge is 2.41. The number of aliphatic hydroxyl groups excluding tert-OH is 1. The standard InChI is InChI=1S/C12H19N3O3S/c1-4-15-9(17)6-19-11(15)8(5-13)10(18)14-12(2,3)7-16/h8,11,16H,4,6-7H2,1-3H3,(H,14,18). The lowest BCUT2D eigenvalue weighted by Crippen LogP contribution is -2.51. The second kappa shape index (κ2) is 6.26. The van der Waals surface area contributed by atoms with Crippen molar-refractivity contribution in [3.63, 3.8) is 0 Å². The monoisotopic (exact) mass is 285 g/mol. The molecule has 0 aliphatic carbocycles. The van der Waals surface area contributed by atoms with Crippen LogP contribution in [0.15, 0.2) is 0 Å². The fourth-order valence-electron chi connectivity index (χ4n) is 1.81. The van der Waals surface area contributed by atoms with Gasteiger partial charge in [0, 0.05) is 6.54 Å². The van der Waals surface area contributed by atoms with Crippen molar-refractivity contribution in [3.05, 3.63) is 0 Å². The number of nitrogens with one attached hydrogen (secondary N) is 1. The van der Waals surface area contributed by atoms with E-state index in [0.29, 0.717) is 12.3 Å². The molecule has 1 aliphatic heterocycles. The molecule has 106 valence electrons. The lowest BCUT2D eigenvalue weighted by atomic mass is 10.0. The summed E-state index contributed by atoms with van der Waals surface area (Å²) in [6, 6.07) is 1.97. The van der Waals surface area contributed by atoms with Crippen molar-refractivity contribution in [2.45, 2.75) is 31.7 Å². The first-order valence-corrected chi connectivity index (χ1v) is 7.14. The van der Waals surface area contributed by atoms with Crippen LogP contribution in [-0.2, 0) is 9.59 Å². The molecule has 0 aromatic carbocycles. The van der Waals surface area contributed by atoms with Crippen molar-refractivity contribution in [3.8, 4) is 6.07 Å². The van der Waals surface area contributed by atoms with Crippen molar-refractivity contribution < 1.29 is 14.7 Å². The van der Waals surface area contributed by atoms with Crippen LogP contribution in [0.4, 0.5) is 0 Å². The summed E-state index contributed by atoms with van der Waals surface area (Å²) < 4.78 is 0. The maximum Gasteiger partial charge on any atom is 0.240 e. The Morgan fingerprint density at radius 1 is 1.74 bits per heavy atom. The second-order valence-corrected chi connectivity index (χ2v) is 6.12. The molecule has 2 N–H and O–H groups in total. The number of amides is 2.